The van der Waals surface area contributed by atoms with E-state index < -0.39 is 16.3 Å². The molecule has 2 rings (SSSR count). The molecule has 0 bridgehead atoms. The number of hydrogen-bond acceptors (Lipinski definition) is 5. The Hall–Kier alpha value is -1.59. The van der Waals surface area contributed by atoms with Gasteiger partial charge >= 0.3 is 0 Å². The Bertz CT molecular complexity index is 867. The molecule has 8 nitrogen and oxygen atoms in total. The summed E-state index contributed by atoms with van der Waals surface area (Å²) in [6.07, 6.45) is 1.21. The van der Waals surface area contributed by atoms with Crippen molar-refractivity contribution in [2.24, 2.45) is 17.6 Å². The smallest absolute Gasteiger partial charge is 0.267 e. The zero-order valence-corrected chi connectivity index (χ0v) is 20.9. The molecule has 5 N–H and O–H groups in total. The monoisotopic (exact) mass is 581 g/mol. The van der Waals surface area contributed by atoms with E-state index in [4.69, 9.17) is 34.3 Å². The standard InChI is InChI=1S/C20H26Cl2IN5O3/c1-3-6-15(19(31)27-9-13-11(2)20(13,21)22)28(23)16(29)10-26-14-8-5-4-7-12(14)17(24)18(25)30/h4-5,7-8,11,13,15,24,26H,3,6,9-10H2,1-2H3,(H2,25,30)(H,27,31)/t11?,13?,15-/m0/s1. The van der Waals surface area contributed by atoms with Gasteiger partial charge in [-0.05, 0) is 18.4 Å². The van der Waals surface area contributed by atoms with Crippen LogP contribution in [0.15, 0.2) is 24.3 Å². The van der Waals surface area contributed by atoms with Gasteiger partial charge in [0.05, 0.1) is 29.4 Å². The highest BCUT2D eigenvalue weighted by atomic mass is 127. The van der Waals surface area contributed by atoms with Gasteiger partial charge in [-0.25, -0.2) is 0 Å². The zero-order valence-electron chi connectivity index (χ0n) is 17.3. The molecule has 2 unspecified atom stereocenters. The molecule has 3 amide bonds. The highest BCUT2D eigenvalue weighted by Gasteiger charge is 2.60. The molecule has 3 atom stereocenters. The molecule has 0 spiro atoms. The number of primary amides is 1. The van der Waals surface area contributed by atoms with E-state index in [1.807, 2.05) is 36.7 Å². The van der Waals surface area contributed by atoms with Crippen LogP contribution in [-0.2, 0) is 14.4 Å². The lowest BCUT2D eigenvalue weighted by Crippen LogP contribution is -2.47. The van der Waals surface area contributed by atoms with E-state index in [9.17, 15) is 14.4 Å². The van der Waals surface area contributed by atoms with Crippen LogP contribution in [0.1, 0.15) is 32.3 Å². The van der Waals surface area contributed by atoms with Crippen molar-refractivity contribution in [2.75, 3.05) is 18.4 Å². The van der Waals surface area contributed by atoms with Crippen molar-refractivity contribution in [2.45, 2.75) is 37.1 Å². The summed E-state index contributed by atoms with van der Waals surface area (Å²) in [5.41, 5.74) is 5.58. The number of para-hydroxylation sites is 1. The number of alkyl halides is 2. The van der Waals surface area contributed by atoms with Crippen molar-refractivity contribution < 1.29 is 14.4 Å². The molecule has 1 aliphatic rings. The second-order valence-corrected chi connectivity index (χ2v) is 9.95. The van der Waals surface area contributed by atoms with Crippen LogP contribution in [0.4, 0.5) is 5.69 Å². The van der Waals surface area contributed by atoms with Crippen molar-refractivity contribution >= 4 is 75.2 Å². The lowest BCUT2D eigenvalue weighted by molar-refractivity contribution is -0.132. The number of anilines is 1. The Balaban J connectivity index is 1.99. The van der Waals surface area contributed by atoms with Crippen molar-refractivity contribution in [1.82, 2.24) is 8.43 Å². The number of nitrogens with zero attached hydrogens (tertiary/aromatic N) is 1. The van der Waals surface area contributed by atoms with Crippen molar-refractivity contribution in [3.63, 3.8) is 0 Å². The summed E-state index contributed by atoms with van der Waals surface area (Å²) >= 11 is 14.1. The van der Waals surface area contributed by atoms with Gasteiger partial charge in [-0.3, -0.25) is 22.9 Å². The normalized spacial score (nSPS) is 19.8. The number of hydrogen-bond donors (Lipinski definition) is 4. The Morgan fingerprint density at radius 3 is 2.48 bits per heavy atom. The molecule has 31 heavy (non-hydrogen) atoms. The van der Waals surface area contributed by atoms with Gasteiger partial charge in [0.15, 0.2) is 0 Å². The number of rotatable bonds is 11. The molecule has 0 saturated heterocycles. The quantitative estimate of drug-likeness (QED) is 0.139. The summed E-state index contributed by atoms with van der Waals surface area (Å²) in [5.74, 6) is -1.36. The maximum atomic E-state index is 12.7. The third-order valence-electron chi connectivity index (χ3n) is 5.34. The van der Waals surface area contributed by atoms with Crippen LogP contribution in [0, 0.1) is 17.2 Å². The summed E-state index contributed by atoms with van der Waals surface area (Å²) in [7, 11) is 0. The fourth-order valence-electron chi connectivity index (χ4n) is 3.23. The number of carbonyl (C=O) groups is 3. The summed E-state index contributed by atoms with van der Waals surface area (Å²) < 4.78 is 0.555. The number of benzene rings is 1. The minimum absolute atomic E-state index is 0.0147. The summed E-state index contributed by atoms with van der Waals surface area (Å²) in [5, 5.41) is 13.6. The SMILES string of the molecule is CCC[C@@H](C(=O)NCC1C(C)C1(Cl)Cl)N(I)C(=O)CNc1ccccc1C(=N)C(N)=O. The molecule has 1 fully saturated rings. The Morgan fingerprint density at radius 2 is 1.94 bits per heavy atom. The fourth-order valence-corrected chi connectivity index (χ4v) is 4.64. The average Bonchev–Trinajstić information content (AvgIpc) is 3.22. The summed E-state index contributed by atoms with van der Waals surface area (Å²) in [4.78, 5) is 36.8. The van der Waals surface area contributed by atoms with E-state index in [2.05, 4.69) is 10.6 Å². The largest absolute Gasteiger partial charge is 0.376 e. The third kappa shape index (κ3) is 6.23. The zero-order chi connectivity index (χ0) is 23.3. The summed E-state index contributed by atoms with van der Waals surface area (Å²) in [6.45, 7) is 4.10. The molecular weight excluding hydrogens is 556 g/mol. The number of nitrogens with two attached hydrogens (primary N) is 1. The highest BCUT2D eigenvalue weighted by molar-refractivity contribution is 14.1. The first-order chi connectivity index (χ1) is 14.5. The fraction of sp³-hybridized carbons (Fsp3) is 0.500. The van der Waals surface area contributed by atoms with Crippen LogP contribution in [0.2, 0.25) is 0 Å². The van der Waals surface area contributed by atoms with Gasteiger partial charge in [0.2, 0.25) is 5.91 Å². The minimum atomic E-state index is -0.862. The third-order valence-corrected chi connectivity index (χ3v) is 7.80. The molecular formula is C20H26Cl2IN5O3. The Kier molecular flexibility index (Phi) is 8.96. The maximum Gasteiger partial charge on any atom is 0.267 e. The predicted octanol–water partition coefficient (Wildman–Crippen LogP) is 2.85. The van der Waals surface area contributed by atoms with Crippen LogP contribution in [0.25, 0.3) is 0 Å². The van der Waals surface area contributed by atoms with E-state index in [1.54, 1.807) is 24.3 Å². The van der Waals surface area contributed by atoms with Gasteiger partial charge in [-0.2, -0.15) is 0 Å². The van der Waals surface area contributed by atoms with Crippen LogP contribution in [0.3, 0.4) is 0 Å². The molecule has 1 aromatic rings. The molecule has 0 heterocycles. The maximum absolute atomic E-state index is 12.7. The molecule has 1 aliphatic carbocycles. The van der Waals surface area contributed by atoms with Crippen LogP contribution >= 0.6 is 46.1 Å². The summed E-state index contributed by atoms with van der Waals surface area (Å²) in [6, 6.07) is 5.96. The van der Waals surface area contributed by atoms with Crippen LogP contribution < -0.4 is 16.4 Å². The minimum Gasteiger partial charge on any atom is -0.376 e. The molecule has 0 aliphatic heterocycles. The topological polar surface area (TPSA) is 128 Å². The van der Waals surface area contributed by atoms with E-state index in [0.29, 0.717) is 30.6 Å². The highest BCUT2D eigenvalue weighted by Crippen LogP contribution is 2.58. The number of amides is 3. The predicted molar refractivity (Wildman–Crippen MR) is 131 cm³/mol. The van der Waals surface area contributed by atoms with Crippen molar-refractivity contribution in [1.29, 1.82) is 5.41 Å². The number of halogens is 3. The van der Waals surface area contributed by atoms with Crippen molar-refractivity contribution in [3.8, 4) is 0 Å². The first-order valence-corrected chi connectivity index (χ1v) is 11.6. The van der Waals surface area contributed by atoms with Gasteiger partial charge in [0, 0.05) is 23.7 Å². The lowest BCUT2D eigenvalue weighted by atomic mass is 10.1. The molecule has 11 heteroatoms. The second-order valence-electron chi connectivity index (χ2n) is 7.46. The van der Waals surface area contributed by atoms with E-state index >= 15 is 0 Å². The number of nitrogens with one attached hydrogen (secondary N) is 3. The van der Waals surface area contributed by atoms with Gasteiger partial charge < -0.3 is 16.4 Å². The van der Waals surface area contributed by atoms with Gasteiger partial charge in [0.25, 0.3) is 11.8 Å². The first-order valence-electron chi connectivity index (χ1n) is 9.87. The molecule has 1 saturated carbocycles. The molecule has 0 aromatic heterocycles. The molecule has 0 radical (unpaired) electrons. The lowest BCUT2D eigenvalue weighted by Gasteiger charge is -2.25. The van der Waals surface area contributed by atoms with Gasteiger partial charge in [0.1, 0.15) is 16.1 Å². The van der Waals surface area contributed by atoms with Crippen molar-refractivity contribution in [3.05, 3.63) is 29.8 Å². The number of carbonyl (C=O) groups excluding carboxylic acids is 3. The Morgan fingerprint density at radius 1 is 1.32 bits per heavy atom. The average molecular weight is 582 g/mol. The van der Waals surface area contributed by atoms with E-state index in [-0.39, 0.29) is 35.9 Å². The van der Waals surface area contributed by atoms with Gasteiger partial charge in [-0.15, -0.1) is 23.2 Å². The second kappa shape index (κ2) is 10.8. The van der Waals surface area contributed by atoms with E-state index in [0.717, 1.165) is 0 Å². The first kappa shape index (κ1) is 25.7. The van der Waals surface area contributed by atoms with Crippen LogP contribution in [-0.4, -0.2) is 50.0 Å². The van der Waals surface area contributed by atoms with E-state index in [1.165, 1.54) is 3.11 Å². The Labute approximate surface area is 205 Å². The van der Waals surface area contributed by atoms with Crippen LogP contribution in [0.5, 0.6) is 0 Å². The molecule has 1 aromatic carbocycles. The molecule has 170 valence electrons. The van der Waals surface area contributed by atoms with Gasteiger partial charge in [-0.1, -0.05) is 38.5 Å².